The van der Waals surface area contributed by atoms with E-state index in [1.165, 1.54) is 0 Å². The lowest BCUT2D eigenvalue weighted by Crippen LogP contribution is -2.21. The van der Waals surface area contributed by atoms with E-state index in [0.29, 0.717) is 0 Å². The topological polar surface area (TPSA) is 104 Å². The van der Waals surface area contributed by atoms with Crippen molar-refractivity contribution in [2.75, 3.05) is 0 Å². The van der Waals surface area contributed by atoms with Gasteiger partial charge in [0.15, 0.2) is 0 Å². The van der Waals surface area contributed by atoms with Crippen molar-refractivity contribution >= 4 is 29.4 Å². The maximum atomic E-state index is 10.5. The molecule has 0 aromatic heterocycles. The molecule has 0 aliphatic carbocycles. The van der Waals surface area contributed by atoms with Crippen molar-refractivity contribution in [2.24, 2.45) is 0 Å². The summed E-state index contributed by atoms with van der Waals surface area (Å²) in [5.74, 6) is -4.35. The number of rotatable bonds is 3. The average Bonchev–Trinajstić information content (AvgIpc) is 2.13. The SMILES string of the molecule is CC(=O)C(=O)OOC(=O)C(=O)C=C=O. The number of carbonyl (C=O) groups excluding carboxylic acids is 5. The summed E-state index contributed by atoms with van der Waals surface area (Å²) in [6.45, 7) is 0.878. The Morgan fingerprint density at radius 2 is 1.57 bits per heavy atom. The van der Waals surface area contributed by atoms with Crippen LogP contribution in [0.5, 0.6) is 0 Å². The molecule has 0 fully saturated rings. The normalized spacial score (nSPS) is 8.07. The summed E-state index contributed by atoms with van der Waals surface area (Å²) < 4.78 is 0. The third-order valence-electron chi connectivity index (χ3n) is 0.872. The zero-order valence-electron chi connectivity index (χ0n) is 6.94. The number of ketones is 2. The van der Waals surface area contributed by atoms with E-state index in [9.17, 15) is 24.0 Å². The molecule has 0 N–H and O–H groups in total. The van der Waals surface area contributed by atoms with E-state index in [1.54, 1.807) is 0 Å². The fraction of sp³-hybridized carbons (Fsp3) is 0.143. The zero-order valence-corrected chi connectivity index (χ0v) is 6.94. The van der Waals surface area contributed by atoms with Gasteiger partial charge in [0.1, 0.15) is 5.94 Å². The van der Waals surface area contributed by atoms with Gasteiger partial charge in [0.25, 0.3) is 5.78 Å². The second-order valence-electron chi connectivity index (χ2n) is 1.92. The Labute approximate surface area is 77.2 Å². The maximum absolute atomic E-state index is 10.5. The number of carbonyl (C=O) groups is 4. The molecule has 0 aromatic rings. The first-order valence-corrected chi connectivity index (χ1v) is 3.17. The Bertz CT molecular complexity index is 334. The van der Waals surface area contributed by atoms with Gasteiger partial charge < -0.3 is 0 Å². The van der Waals surface area contributed by atoms with Gasteiger partial charge in [-0.05, 0) is 0 Å². The smallest absolute Gasteiger partial charge is 0.287 e. The molecule has 0 rings (SSSR count). The van der Waals surface area contributed by atoms with Crippen LogP contribution in [0.4, 0.5) is 0 Å². The van der Waals surface area contributed by atoms with Crippen molar-refractivity contribution in [1.29, 1.82) is 0 Å². The number of hydrogen-bond acceptors (Lipinski definition) is 7. The lowest BCUT2D eigenvalue weighted by Gasteiger charge is -1.96. The highest BCUT2D eigenvalue weighted by Crippen LogP contribution is 1.86. The molecular weight excluding hydrogens is 196 g/mol. The van der Waals surface area contributed by atoms with Crippen LogP contribution in [-0.2, 0) is 33.7 Å². The highest BCUT2D eigenvalue weighted by molar-refractivity contribution is 6.40. The van der Waals surface area contributed by atoms with Crippen LogP contribution >= 0.6 is 0 Å². The summed E-state index contributed by atoms with van der Waals surface area (Å²) >= 11 is 0. The minimum absolute atomic E-state index is 0.254. The molecule has 0 radical (unpaired) electrons. The van der Waals surface area contributed by atoms with Gasteiger partial charge in [0.05, 0.1) is 6.08 Å². The molecule has 0 amide bonds. The summed E-state index contributed by atoms with van der Waals surface area (Å²) in [4.78, 5) is 58.4. The molecule has 0 spiro atoms. The Hall–Kier alpha value is -2.27. The molecule has 0 bridgehead atoms. The molecule has 0 unspecified atom stereocenters. The Morgan fingerprint density at radius 3 is 2.00 bits per heavy atom. The summed E-state index contributed by atoms with van der Waals surface area (Å²) in [5.41, 5.74) is 0. The second kappa shape index (κ2) is 5.39. The van der Waals surface area contributed by atoms with E-state index in [1.807, 2.05) is 0 Å². The van der Waals surface area contributed by atoms with Crippen molar-refractivity contribution in [3.05, 3.63) is 6.08 Å². The van der Waals surface area contributed by atoms with Gasteiger partial charge >= 0.3 is 11.9 Å². The molecule has 0 aromatic carbocycles. The number of hydrogen-bond donors (Lipinski definition) is 0. The standard InChI is InChI=1S/C7H4O7/c1-4(9)6(11)13-14-7(12)5(10)2-3-8/h2H,1H3. The van der Waals surface area contributed by atoms with Gasteiger partial charge in [-0.25, -0.2) is 24.2 Å². The first kappa shape index (κ1) is 11.7. The monoisotopic (exact) mass is 200 g/mol. The van der Waals surface area contributed by atoms with E-state index in [4.69, 9.17) is 0 Å². The van der Waals surface area contributed by atoms with Gasteiger partial charge in [-0.15, -0.1) is 0 Å². The van der Waals surface area contributed by atoms with Crippen LogP contribution in [0.25, 0.3) is 0 Å². The summed E-state index contributed by atoms with van der Waals surface area (Å²) in [5, 5.41) is 0. The predicted molar refractivity (Wildman–Crippen MR) is 38.1 cm³/mol. The van der Waals surface area contributed by atoms with Gasteiger partial charge in [0, 0.05) is 6.92 Å². The van der Waals surface area contributed by atoms with Crippen LogP contribution in [0.1, 0.15) is 6.92 Å². The molecule has 0 aliphatic heterocycles. The van der Waals surface area contributed by atoms with Crippen molar-refractivity contribution in [3.8, 4) is 0 Å². The summed E-state index contributed by atoms with van der Waals surface area (Å²) in [6, 6.07) is 0. The second-order valence-corrected chi connectivity index (χ2v) is 1.92. The highest BCUT2D eigenvalue weighted by atomic mass is 17.2. The first-order valence-electron chi connectivity index (χ1n) is 3.17. The molecule has 0 heterocycles. The lowest BCUT2D eigenvalue weighted by atomic mass is 10.4. The first-order chi connectivity index (χ1) is 6.49. The molecule has 74 valence electrons. The zero-order chi connectivity index (χ0) is 11.1. The molecule has 7 nitrogen and oxygen atoms in total. The molecule has 0 saturated heterocycles. The van der Waals surface area contributed by atoms with E-state index in [0.717, 1.165) is 12.9 Å². The molecule has 14 heavy (non-hydrogen) atoms. The average molecular weight is 200 g/mol. The predicted octanol–water partition coefficient (Wildman–Crippen LogP) is -1.47. The fourth-order valence-corrected chi connectivity index (χ4v) is 0.288. The van der Waals surface area contributed by atoms with Crippen LogP contribution in [-0.4, -0.2) is 29.4 Å². The van der Waals surface area contributed by atoms with Gasteiger partial charge in [-0.1, -0.05) is 0 Å². The van der Waals surface area contributed by atoms with Crippen LogP contribution in [0.15, 0.2) is 6.08 Å². The third kappa shape index (κ3) is 3.93. The van der Waals surface area contributed by atoms with Gasteiger partial charge in [-0.2, -0.15) is 0 Å². The van der Waals surface area contributed by atoms with E-state index >= 15 is 0 Å². The van der Waals surface area contributed by atoms with Crippen LogP contribution in [0.2, 0.25) is 0 Å². The molecule has 7 heteroatoms. The lowest BCUT2D eigenvalue weighted by molar-refractivity contribution is -0.253. The van der Waals surface area contributed by atoms with Crippen molar-refractivity contribution in [2.45, 2.75) is 6.92 Å². The summed E-state index contributed by atoms with van der Waals surface area (Å²) in [6.07, 6.45) is 0.254. The molecule has 0 saturated carbocycles. The van der Waals surface area contributed by atoms with Crippen molar-refractivity contribution < 1.29 is 33.7 Å². The van der Waals surface area contributed by atoms with Gasteiger partial charge in [-0.3, -0.25) is 9.59 Å². The Morgan fingerprint density at radius 1 is 1.07 bits per heavy atom. The van der Waals surface area contributed by atoms with Gasteiger partial charge in [0.2, 0.25) is 5.78 Å². The van der Waals surface area contributed by atoms with Crippen molar-refractivity contribution in [3.63, 3.8) is 0 Å². The Balaban J connectivity index is 4.10. The highest BCUT2D eigenvalue weighted by Gasteiger charge is 2.18. The molecule has 0 aliphatic rings. The quantitative estimate of drug-likeness (QED) is 0.180. The van der Waals surface area contributed by atoms with Crippen LogP contribution in [0.3, 0.4) is 0 Å². The molecule has 0 atom stereocenters. The van der Waals surface area contributed by atoms with E-state index in [-0.39, 0.29) is 6.08 Å². The van der Waals surface area contributed by atoms with E-state index < -0.39 is 23.5 Å². The minimum atomic E-state index is -1.59. The Kier molecular flexibility index (Phi) is 4.51. The van der Waals surface area contributed by atoms with Crippen molar-refractivity contribution in [1.82, 2.24) is 0 Å². The summed E-state index contributed by atoms with van der Waals surface area (Å²) in [7, 11) is 0. The van der Waals surface area contributed by atoms with E-state index in [2.05, 4.69) is 9.78 Å². The third-order valence-corrected chi connectivity index (χ3v) is 0.872. The molecular formula is C7H4O7. The van der Waals surface area contributed by atoms with Crippen LogP contribution in [0, 0.1) is 0 Å². The van der Waals surface area contributed by atoms with Crippen LogP contribution < -0.4 is 0 Å². The number of Topliss-reactive ketones (excluding diaryl/α,β-unsaturated/α-hetero) is 1. The maximum Gasteiger partial charge on any atom is 0.426 e. The minimum Gasteiger partial charge on any atom is -0.287 e. The fourth-order valence-electron chi connectivity index (χ4n) is 0.288. The largest absolute Gasteiger partial charge is 0.426 e.